The lowest BCUT2D eigenvalue weighted by atomic mass is 9.98. The van der Waals surface area contributed by atoms with Crippen LogP contribution in [-0.2, 0) is 38.5 Å². The molecular formula is C50H56N2. The molecule has 0 radical (unpaired) electrons. The standard InChI is InChI=1S/C50H56N2/c1-9-15-49-47(13-5)45(11-3)35(7)51(49)43-29-21-39(22-30-43)33-37-17-25-41(26-18-37)42-27-19-38(20-28-42)34-40-23-31-44(32-24-40)52-36(8)46(12-4)48(14-6)50(52)16-10-2/h9-10,15-32H,11-14,33-34H2,1-8H3/b15-9-,16-10-. The summed E-state index contributed by atoms with van der Waals surface area (Å²) in [6.45, 7) is 17.8. The molecule has 0 aliphatic carbocycles. The van der Waals surface area contributed by atoms with Crippen molar-refractivity contribution in [3.05, 3.63) is 176 Å². The molecule has 6 aromatic rings. The van der Waals surface area contributed by atoms with Crippen molar-refractivity contribution < 1.29 is 0 Å². The molecule has 0 spiro atoms. The second-order valence-electron chi connectivity index (χ2n) is 14.0. The molecule has 4 aromatic carbocycles. The zero-order chi connectivity index (χ0) is 36.8. The summed E-state index contributed by atoms with van der Waals surface area (Å²) in [6.07, 6.45) is 14.9. The Bertz CT molecular complexity index is 2000. The van der Waals surface area contributed by atoms with Crippen LogP contribution >= 0.6 is 0 Å². The maximum Gasteiger partial charge on any atom is 0.0490 e. The predicted molar refractivity (Wildman–Crippen MR) is 225 cm³/mol. The third kappa shape index (κ3) is 7.30. The van der Waals surface area contributed by atoms with Crippen molar-refractivity contribution in [1.82, 2.24) is 9.13 Å². The van der Waals surface area contributed by atoms with E-state index in [4.69, 9.17) is 0 Å². The van der Waals surface area contributed by atoms with Gasteiger partial charge in [-0.05, 0) is 158 Å². The minimum absolute atomic E-state index is 0.922. The SMILES string of the molecule is C/C=C\c1c(CC)c(CC)c(C)n1-c1ccc(Cc2ccc(-c3ccc(Cc4ccc(-n5c(C)c(CC)c(CC)c5/C=C\C)cc4)cc3)cc2)cc1. The van der Waals surface area contributed by atoms with Gasteiger partial charge < -0.3 is 9.13 Å². The Labute approximate surface area is 313 Å². The minimum Gasteiger partial charge on any atom is -0.314 e. The Morgan fingerprint density at radius 2 is 0.692 bits per heavy atom. The van der Waals surface area contributed by atoms with E-state index in [9.17, 15) is 0 Å². The van der Waals surface area contributed by atoms with Gasteiger partial charge in [0.25, 0.3) is 0 Å². The molecule has 2 heteroatoms. The maximum atomic E-state index is 2.44. The van der Waals surface area contributed by atoms with Gasteiger partial charge in [-0.3, -0.25) is 0 Å². The second-order valence-corrected chi connectivity index (χ2v) is 14.0. The molecule has 52 heavy (non-hydrogen) atoms. The van der Waals surface area contributed by atoms with Crippen molar-refractivity contribution in [2.75, 3.05) is 0 Å². The van der Waals surface area contributed by atoms with Crippen molar-refractivity contribution >= 4 is 12.2 Å². The average molecular weight is 685 g/mol. The quantitative estimate of drug-likeness (QED) is 0.115. The van der Waals surface area contributed by atoms with Gasteiger partial charge >= 0.3 is 0 Å². The topological polar surface area (TPSA) is 9.86 Å². The van der Waals surface area contributed by atoms with Gasteiger partial charge in [-0.2, -0.15) is 0 Å². The van der Waals surface area contributed by atoms with Crippen LogP contribution in [0.3, 0.4) is 0 Å². The van der Waals surface area contributed by atoms with E-state index in [0.29, 0.717) is 0 Å². The number of benzene rings is 4. The van der Waals surface area contributed by atoms with Gasteiger partial charge in [-0.15, -0.1) is 0 Å². The molecule has 0 aliphatic rings. The molecule has 0 unspecified atom stereocenters. The number of hydrogen-bond acceptors (Lipinski definition) is 0. The molecule has 0 atom stereocenters. The zero-order valence-corrected chi connectivity index (χ0v) is 32.7. The third-order valence-corrected chi connectivity index (χ3v) is 10.9. The number of aromatic nitrogens is 2. The van der Waals surface area contributed by atoms with E-state index in [0.717, 1.165) is 38.5 Å². The van der Waals surface area contributed by atoms with Gasteiger partial charge in [0.05, 0.1) is 0 Å². The molecule has 0 N–H and O–H groups in total. The fourth-order valence-electron chi connectivity index (χ4n) is 8.33. The van der Waals surface area contributed by atoms with E-state index >= 15 is 0 Å². The molecule has 0 amide bonds. The highest BCUT2D eigenvalue weighted by atomic mass is 15.0. The monoisotopic (exact) mass is 684 g/mol. The number of allylic oxidation sites excluding steroid dienone is 2. The molecule has 2 aromatic heterocycles. The molecule has 2 nitrogen and oxygen atoms in total. The van der Waals surface area contributed by atoms with Gasteiger partial charge in [0.15, 0.2) is 0 Å². The van der Waals surface area contributed by atoms with Crippen LogP contribution < -0.4 is 0 Å². The van der Waals surface area contributed by atoms with Crippen LogP contribution in [-0.4, -0.2) is 9.13 Å². The molecule has 0 bridgehead atoms. The molecule has 0 saturated heterocycles. The molecule has 0 saturated carbocycles. The van der Waals surface area contributed by atoms with Gasteiger partial charge in [0.2, 0.25) is 0 Å². The Kier molecular flexibility index (Phi) is 11.7. The summed E-state index contributed by atoms with van der Waals surface area (Å²) in [6, 6.07) is 36.5. The van der Waals surface area contributed by atoms with E-state index in [1.807, 2.05) is 0 Å². The molecule has 0 fully saturated rings. The van der Waals surface area contributed by atoms with Crippen LogP contribution in [0.5, 0.6) is 0 Å². The van der Waals surface area contributed by atoms with Gasteiger partial charge in [0.1, 0.15) is 0 Å². The van der Waals surface area contributed by atoms with Crippen LogP contribution in [0.2, 0.25) is 0 Å². The summed E-state index contributed by atoms with van der Waals surface area (Å²) >= 11 is 0. The number of rotatable bonds is 13. The van der Waals surface area contributed by atoms with Crippen LogP contribution in [0, 0.1) is 13.8 Å². The highest BCUT2D eigenvalue weighted by molar-refractivity contribution is 5.65. The third-order valence-electron chi connectivity index (χ3n) is 10.9. The van der Waals surface area contributed by atoms with Crippen molar-refractivity contribution in [3.63, 3.8) is 0 Å². The van der Waals surface area contributed by atoms with Crippen LogP contribution in [0.1, 0.15) is 109 Å². The maximum absolute atomic E-state index is 2.44. The zero-order valence-electron chi connectivity index (χ0n) is 32.7. The number of hydrogen-bond donors (Lipinski definition) is 0. The first kappa shape index (κ1) is 36.7. The Morgan fingerprint density at radius 3 is 0.962 bits per heavy atom. The van der Waals surface area contributed by atoms with Gasteiger partial charge in [-0.1, -0.05) is 113 Å². The van der Waals surface area contributed by atoms with E-state index in [-0.39, 0.29) is 0 Å². The van der Waals surface area contributed by atoms with E-state index in [2.05, 4.69) is 186 Å². The molecule has 266 valence electrons. The van der Waals surface area contributed by atoms with Gasteiger partial charge in [-0.25, -0.2) is 0 Å². The van der Waals surface area contributed by atoms with E-state index in [1.165, 1.54) is 89.8 Å². The summed E-state index contributed by atoms with van der Waals surface area (Å²) in [4.78, 5) is 0. The number of nitrogens with zero attached hydrogens (tertiary/aromatic N) is 2. The van der Waals surface area contributed by atoms with Crippen molar-refractivity contribution in [2.45, 2.75) is 93.9 Å². The van der Waals surface area contributed by atoms with Crippen molar-refractivity contribution in [2.24, 2.45) is 0 Å². The molecule has 0 aliphatic heterocycles. The fourth-order valence-corrected chi connectivity index (χ4v) is 8.33. The van der Waals surface area contributed by atoms with Crippen LogP contribution in [0.4, 0.5) is 0 Å². The fraction of sp³-hybridized carbons (Fsp3) is 0.280. The van der Waals surface area contributed by atoms with Crippen LogP contribution in [0.25, 0.3) is 34.7 Å². The summed E-state index contributed by atoms with van der Waals surface area (Å²) in [5, 5.41) is 0. The first-order chi connectivity index (χ1) is 25.3. The highest BCUT2D eigenvalue weighted by Crippen LogP contribution is 2.31. The first-order valence-electron chi connectivity index (χ1n) is 19.4. The van der Waals surface area contributed by atoms with E-state index < -0.39 is 0 Å². The predicted octanol–water partition coefficient (Wildman–Crippen LogP) is 13.0. The Hall–Kier alpha value is -5.08. The lowest BCUT2D eigenvalue weighted by Crippen LogP contribution is -2.00. The average Bonchev–Trinajstić information content (AvgIpc) is 3.60. The van der Waals surface area contributed by atoms with Crippen molar-refractivity contribution in [3.8, 4) is 22.5 Å². The second kappa shape index (κ2) is 16.5. The lowest BCUT2D eigenvalue weighted by Gasteiger charge is -2.12. The van der Waals surface area contributed by atoms with Crippen LogP contribution in [0.15, 0.2) is 109 Å². The highest BCUT2D eigenvalue weighted by Gasteiger charge is 2.19. The van der Waals surface area contributed by atoms with Gasteiger partial charge in [0, 0.05) is 34.2 Å². The largest absolute Gasteiger partial charge is 0.314 e. The smallest absolute Gasteiger partial charge is 0.0490 e. The Morgan fingerprint density at radius 1 is 0.404 bits per heavy atom. The summed E-state index contributed by atoms with van der Waals surface area (Å²) < 4.78 is 4.88. The lowest BCUT2D eigenvalue weighted by molar-refractivity contribution is 0.973. The Balaban J connectivity index is 1.11. The summed E-state index contributed by atoms with van der Waals surface area (Å²) in [5.41, 5.74) is 21.6. The van der Waals surface area contributed by atoms with E-state index in [1.54, 1.807) is 0 Å². The van der Waals surface area contributed by atoms with Crippen molar-refractivity contribution in [1.29, 1.82) is 0 Å². The summed E-state index contributed by atoms with van der Waals surface area (Å²) in [5.74, 6) is 0. The molecule has 6 rings (SSSR count). The molecular weight excluding hydrogens is 629 g/mol. The first-order valence-corrected chi connectivity index (χ1v) is 19.4. The normalized spacial score (nSPS) is 11.8. The summed E-state index contributed by atoms with van der Waals surface area (Å²) in [7, 11) is 0. The molecule has 2 heterocycles. The minimum atomic E-state index is 0.922.